The van der Waals surface area contributed by atoms with Gasteiger partial charge in [-0.2, -0.15) is 5.10 Å². The van der Waals surface area contributed by atoms with Crippen molar-refractivity contribution >= 4 is 29.1 Å². The van der Waals surface area contributed by atoms with Crippen molar-refractivity contribution in [2.75, 3.05) is 31.2 Å². The van der Waals surface area contributed by atoms with Gasteiger partial charge in [-0.25, -0.2) is 4.39 Å². The average Bonchev–Trinajstić information content (AvgIpc) is 3.21. The highest BCUT2D eigenvalue weighted by atomic mass is 35.5. The van der Waals surface area contributed by atoms with Gasteiger partial charge in [-0.15, -0.1) is 0 Å². The molecule has 0 atom stereocenters. The molecule has 0 saturated carbocycles. The Balaban J connectivity index is 1.42. The normalized spacial score (nSPS) is 14.4. The zero-order valence-electron chi connectivity index (χ0n) is 16.3. The Bertz CT molecular complexity index is 1070. The van der Waals surface area contributed by atoms with Gasteiger partial charge in [-0.1, -0.05) is 29.8 Å². The molecule has 0 unspecified atom stereocenters. The highest BCUT2D eigenvalue weighted by molar-refractivity contribution is 6.31. The van der Waals surface area contributed by atoms with Crippen LogP contribution in [0.2, 0.25) is 5.02 Å². The number of hydrogen-bond acceptors (Lipinski definition) is 4. The number of carbonyl (C=O) groups is 1. The summed E-state index contributed by atoms with van der Waals surface area (Å²) in [5, 5.41) is 4.98. The van der Waals surface area contributed by atoms with Crippen molar-refractivity contribution in [3.63, 3.8) is 0 Å². The fourth-order valence-electron chi connectivity index (χ4n) is 3.34. The number of benzene rings is 2. The quantitative estimate of drug-likeness (QED) is 0.432. The van der Waals surface area contributed by atoms with E-state index in [2.05, 4.69) is 5.10 Å². The number of ketones is 1. The van der Waals surface area contributed by atoms with Crippen molar-refractivity contribution in [1.29, 1.82) is 0 Å². The highest BCUT2D eigenvalue weighted by Crippen LogP contribution is 2.22. The molecule has 1 saturated heterocycles. The average molecular weight is 426 g/mol. The van der Waals surface area contributed by atoms with E-state index in [1.54, 1.807) is 29.1 Å². The van der Waals surface area contributed by atoms with Gasteiger partial charge >= 0.3 is 0 Å². The number of carbonyl (C=O) groups excluding carboxylic acids is 1. The minimum atomic E-state index is -0.399. The smallest absolute Gasteiger partial charge is 0.185 e. The molecular formula is C23H21ClFN3O2. The van der Waals surface area contributed by atoms with Crippen LogP contribution in [0, 0.1) is 5.82 Å². The Hall–Kier alpha value is -2.96. The van der Waals surface area contributed by atoms with Crippen LogP contribution in [-0.4, -0.2) is 41.9 Å². The van der Waals surface area contributed by atoms with Crippen LogP contribution < -0.4 is 4.90 Å². The van der Waals surface area contributed by atoms with E-state index in [1.165, 1.54) is 12.1 Å². The standard InChI is InChI=1S/C23H21ClFN3O2/c24-20-4-2-1-3-19(20)16-28-15-17(14-26-28)5-8-23(29)18-6-7-22(21(25)13-18)27-9-11-30-12-10-27/h1-8,13-15H,9-12,16H2/b8-5+. The predicted molar refractivity (Wildman–Crippen MR) is 116 cm³/mol. The lowest BCUT2D eigenvalue weighted by Gasteiger charge is -2.29. The molecule has 1 aromatic heterocycles. The second-order valence-electron chi connectivity index (χ2n) is 7.03. The Morgan fingerprint density at radius 2 is 2.00 bits per heavy atom. The first kappa shape index (κ1) is 20.3. The maximum Gasteiger partial charge on any atom is 0.185 e. The predicted octanol–water partition coefficient (Wildman–Crippen LogP) is 4.46. The van der Waals surface area contributed by atoms with Gasteiger partial charge in [-0.05, 0) is 42.0 Å². The zero-order chi connectivity index (χ0) is 20.9. The highest BCUT2D eigenvalue weighted by Gasteiger charge is 2.16. The first-order valence-electron chi connectivity index (χ1n) is 9.71. The van der Waals surface area contributed by atoms with E-state index < -0.39 is 5.82 Å². The van der Waals surface area contributed by atoms with E-state index in [-0.39, 0.29) is 5.78 Å². The Morgan fingerprint density at radius 1 is 1.20 bits per heavy atom. The summed E-state index contributed by atoms with van der Waals surface area (Å²) in [7, 11) is 0. The van der Waals surface area contributed by atoms with Crippen LogP contribution in [-0.2, 0) is 11.3 Å². The second kappa shape index (κ2) is 9.24. The summed E-state index contributed by atoms with van der Waals surface area (Å²) < 4.78 is 21.6. The lowest BCUT2D eigenvalue weighted by atomic mass is 10.1. The summed E-state index contributed by atoms with van der Waals surface area (Å²) in [5.74, 6) is -0.662. The summed E-state index contributed by atoms with van der Waals surface area (Å²) in [6.07, 6.45) is 6.60. The first-order chi connectivity index (χ1) is 14.6. The third-order valence-corrected chi connectivity index (χ3v) is 5.32. The van der Waals surface area contributed by atoms with E-state index in [0.717, 1.165) is 11.1 Å². The van der Waals surface area contributed by atoms with E-state index >= 15 is 0 Å². The monoisotopic (exact) mass is 425 g/mol. The third kappa shape index (κ3) is 4.78. The molecule has 1 aliphatic heterocycles. The van der Waals surface area contributed by atoms with Crippen molar-refractivity contribution in [2.45, 2.75) is 6.54 Å². The molecule has 0 bridgehead atoms. The fourth-order valence-corrected chi connectivity index (χ4v) is 3.54. The third-order valence-electron chi connectivity index (χ3n) is 4.95. The molecule has 2 heterocycles. The van der Waals surface area contributed by atoms with Gasteiger partial charge in [0.1, 0.15) is 5.82 Å². The summed E-state index contributed by atoms with van der Waals surface area (Å²) in [4.78, 5) is 14.4. The van der Waals surface area contributed by atoms with Gasteiger partial charge in [0, 0.05) is 35.4 Å². The van der Waals surface area contributed by atoms with Crippen LogP contribution in [0.1, 0.15) is 21.5 Å². The first-order valence-corrected chi connectivity index (χ1v) is 10.1. The zero-order valence-corrected chi connectivity index (χ0v) is 17.1. The van der Waals surface area contributed by atoms with Crippen LogP contribution >= 0.6 is 11.6 Å². The molecule has 5 nitrogen and oxygen atoms in total. The molecule has 0 radical (unpaired) electrons. The van der Waals surface area contributed by atoms with Crippen LogP contribution in [0.5, 0.6) is 0 Å². The largest absolute Gasteiger partial charge is 0.378 e. The Morgan fingerprint density at radius 3 is 2.77 bits per heavy atom. The van der Waals surface area contributed by atoms with E-state index in [0.29, 0.717) is 49.1 Å². The summed E-state index contributed by atoms with van der Waals surface area (Å²) in [6.45, 7) is 2.97. The number of halogens is 2. The molecule has 154 valence electrons. The molecule has 0 N–H and O–H groups in total. The Labute approximate surface area is 179 Å². The minimum Gasteiger partial charge on any atom is -0.378 e. The maximum absolute atomic E-state index is 14.5. The van der Waals surface area contributed by atoms with Gasteiger partial charge < -0.3 is 9.64 Å². The van der Waals surface area contributed by atoms with Crippen LogP contribution in [0.4, 0.5) is 10.1 Å². The SMILES string of the molecule is O=C(/C=C/c1cnn(Cc2ccccc2Cl)c1)c1ccc(N2CCOCC2)c(F)c1. The van der Waals surface area contributed by atoms with Crippen molar-refractivity contribution < 1.29 is 13.9 Å². The molecule has 1 aliphatic rings. The Kier molecular flexibility index (Phi) is 6.26. The number of allylic oxidation sites excluding steroid dienone is 1. The molecule has 3 aromatic rings. The van der Waals surface area contributed by atoms with Gasteiger partial charge in [0.05, 0.1) is 31.6 Å². The van der Waals surface area contributed by atoms with Crippen molar-refractivity contribution in [1.82, 2.24) is 9.78 Å². The number of morpholine rings is 1. The number of anilines is 1. The number of ether oxygens (including phenoxy) is 1. The molecule has 30 heavy (non-hydrogen) atoms. The van der Waals surface area contributed by atoms with Crippen molar-refractivity contribution in [3.05, 3.63) is 88.5 Å². The van der Waals surface area contributed by atoms with Crippen LogP contribution in [0.25, 0.3) is 6.08 Å². The van der Waals surface area contributed by atoms with Crippen molar-refractivity contribution in [3.8, 4) is 0 Å². The summed E-state index contributed by atoms with van der Waals surface area (Å²) in [6, 6.07) is 12.2. The number of hydrogen-bond donors (Lipinski definition) is 0. The van der Waals surface area contributed by atoms with Crippen LogP contribution in [0.3, 0.4) is 0 Å². The van der Waals surface area contributed by atoms with Crippen molar-refractivity contribution in [2.24, 2.45) is 0 Å². The van der Waals surface area contributed by atoms with Gasteiger partial charge in [0.25, 0.3) is 0 Å². The molecular weight excluding hydrogens is 405 g/mol. The fraction of sp³-hybridized carbons (Fsp3) is 0.217. The molecule has 0 spiro atoms. The molecule has 2 aromatic carbocycles. The minimum absolute atomic E-state index is 0.263. The molecule has 0 aliphatic carbocycles. The second-order valence-corrected chi connectivity index (χ2v) is 7.43. The maximum atomic E-state index is 14.5. The molecule has 7 heteroatoms. The topological polar surface area (TPSA) is 47.4 Å². The summed E-state index contributed by atoms with van der Waals surface area (Å²) >= 11 is 6.19. The molecule has 0 amide bonds. The lowest BCUT2D eigenvalue weighted by Crippen LogP contribution is -2.36. The van der Waals surface area contributed by atoms with E-state index in [9.17, 15) is 9.18 Å². The number of nitrogens with zero attached hydrogens (tertiary/aromatic N) is 3. The van der Waals surface area contributed by atoms with Gasteiger partial charge in [0.15, 0.2) is 5.78 Å². The summed E-state index contributed by atoms with van der Waals surface area (Å²) in [5.41, 5.74) is 2.55. The molecule has 4 rings (SSSR count). The number of rotatable bonds is 6. The number of aromatic nitrogens is 2. The van der Waals surface area contributed by atoms with Gasteiger partial charge in [-0.3, -0.25) is 9.48 Å². The molecule has 1 fully saturated rings. The van der Waals surface area contributed by atoms with E-state index in [1.807, 2.05) is 35.4 Å². The lowest BCUT2D eigenvalue weighted by molar-refractivity contribution is 0.104. The van der Waals surface area contributed by atoms with Crippen LogP contribution in [0.15, 0.2) is 60.9 Å². The van der Waals surface area contributed by atoms with E-state index in [4.69, 9.17) is 16.3 Å². The van der Waals surface area contributed by atoms with Gasteiger partial charge in [0.2, 0.25) is 0 Å².